The lowest BCUT2D eigenvalue weighted by Crippen LogP contribution is -2.38. The highest BCUT2D eigenvalue weighted by Crippen LogP contribution is 1.98. The summed E-state index contributed by atoms with van der Waals surface area (Å²) < 4.78 is 4.96. The molecule has 0 saturated carbocycles. The molecule has 1 amide bonds. The van der Waals surface area contributed by atoms with E-state index in [1.165, 1.54) is 0 Å². The maximum Gasteiger partial charge on any atom is 0.221 e. The van der Waals surface area contributed by atoms with Gasteiger partial charge in [-0.2, -0.15) is 0 Å². The number of rotatable bonds is 9. The van der Waals surface area contributed by atoms with Gasteiger partial charge < -0.3 is 15.4 Å². The van der Waals surface area contributed by atoms with E-state index in [4.69, 9.17) is 4.74 Å². The van der Waals surface area contributed by atoms with E-state index in [0.717, 1.165) is 39.0 Å². The van der Waals surface area contributed by atoms with Crippen LogP contribution >= 0.6 is 0 Å². The van der Waals surface area contributed by atoms with Crippen molar-refractivity contribution in [1.82, 2.24) is 10.6 Å². The number of ether oxygens (including phenoxy) is 1. The summed E-state index contributed by atoms with van der Waals surface area (Å²) in [6.45, 7) is 8.61. The van der Waals surface area contributed by atoms with Gasteiger partial charge in [-0.1, -0.05) is 0 Å². The first kappa shape index (κ1) is 16.4. The van der Waals surface area contributed by atoms with Gasteiger partial charge in [-0.05, 0) is 40.0 Å². The van der Waals surface area contributed by atoms with E-state index >= 15 is 0 Å². The Morgan fingerprint density at radius 2 is 1.82 bits per heavy atom. The molecule has 0 radical (unpaired) electrons. The molecule has 0 aromatic carbocycles. The first-order chi connectivity index (χ1) is 7.95. The molecule has 0 aliphatic rings. The zero-order valence-corrected chi connectivity index (χ0v) is 11.8. The van der Waals surface area contributed by atoms with Gasteiger partial charge in [0.1, 0.15) is 0 Å². The quantitative estimate of drug-likeness (QED) is 0.607. The average Bonchev–Trinajstić information content (AvgIpc) is 2.21. The van der Waals surface area contributed by atoms with Crippen molar-refractivity contribution in [2.45, 2.75) is 52.0 Å². The highest BCUT2D eigenvalue weighted by molar-refractivity contribution is 5.75. The summed E-state index contributed by atoms with van der Waals surface area (Å²) in [7, 11) is 1.71. The first-order valence-electron chi connectivity index (χ1n) is 6.46. The van der Waals surface area contributed by atoms with E-state index in [9.17, 15) is 4.79 Å². The fraction of sp³-hybridized carbons (Fsp3) is 0.923. The van der Waals surface area contributed by atoms with Crippen LogP contribution in [0.1, 0.15) is 46.5 Å². The number of carbonyl (C=O) groups excluding carboxylic acids is 1. The predicted molar refractivity (Wildman–Crippen MR) is 71.1 cm³/mol. The first-order valence-corrected chi connectivity index (χ1v) is 6.46. The van der Waals surface area contributed by atoms with Crippen molar-refractivity contribution in [2.24, 2.45) is 0 Å². The molecule has 102 valence electrons. The Labute approximate surface area is 105 Å². The molecule has 0 spiro atoms. The van der Waals surface area contributed by atoms with Gasteiger partial charge >= 0.3 is 0 Å². The van der Waals surface area contributed by atoms with E-state index < -0.39 is 0 Å². The van der Waals surface area contributed by atoms with E-state index in [1.54, 1.807) is 7.11 Å². The third-order valence-corrected chi connectivity index (χ3v) is 2.35. The number of carbonyl (C=O) groups is 1. The summed E-state index contributed by atoms with van der Waals surface area (Å²) in [5.41, 5.74) is 0.0838. The molecule has 0 rings (SSSR count). The number of unbranched alkanes of at least 4 members (excludes halogenated alkanes) is 2. The summed E-state index contributed by atoms with van der Waals surface area (Å²) in [6.07, 6.45) is 3.75. The molecular formula is C13H28N2O2. The lowest BCUT2D eigenvalue weighted by molar-refractivity contribution is -0.121. The second kappa shape index (κ2) is 9.42. The van der Waals surface area contributed by atoms with Crippen LogP contribution in [0.3, 0.4) is 0 Å². The molecule has 0 aliphatic heterocycles. The number of methoxy groups -OCH3 is 1. The van der Waals surface area contributed by atoms with Crippen LogP contribution in [-0.4, -0.2) is 38.3 Å². The van der Waals surface area contributed by atoms with Gasteiger partial charge in [-0.25, -0.2) is 0 Å². The van der Waals surface area contributed by atoms with E-state index in [0.29, 0.717) is 6.42 Å². The summed E-state index contributed by atoms with van der Waals surface area (Å²) in [5.74, 6) is 0.133. The normalized spacial score (nSPS) is 11.5. The minimum atomic E-state index is 0.0838. The maximum absolute atomic E-state index is 11.4. The molecule has 0 unspecified atom stereocenters. The molecule has 0 atom stereocenters. The predicted octanol–water partition coefficient (Wildman–Crippen LogP) is 1.70. The Bertz CT molecular complexity index is 200. The van der Waals surface area contributed by atoms with Crippen LogP contribution in [0.2, 0.25) is 0 Å². The highest BCUT2D eigenvalue weighted by Gasteiger charge is 2.09. The Kier molecular flexibility index (Phi) is 9.09. The van der Waals surface area contributed by atoms with Crippen LogP contribution in [0, 0.1) is 0 Å². The van der Waals surface area contributed by atoms with Gasteiger partial charge in [-0.15, -0.1) is 0 Å². The molecule has 0 bridgehead atoms. The van der Waals surface area contributed by atoms with Crippen molar-refractivity contribution < 1.29 is 9.53 Å². The third-order valence-electron chi connectivity index (χ3n) is 2.35. The summed E-state index contributed by atoms with van der Waals surface area (Å²) in [6, 6.07) is 0. The molecule has 0 aliphatic carbocycles. The molecule has 17 heavy (non-hydrogen) atoms. The summed E-state index contributed by atoms with van der Waals surface area (Å²) in [5, 5.41) is 6.22. The van der Waals surface area contributed by atoms with Crippen molar-refractivity contribution in [3.63, 3.8) is 0 Å². The monoisotopic (exact) mass is 244 g/mol. The summed E-state index contributed by atoms with van der Waals surface area (Å²) in [4.78, 5) is 11.4. The number of nitrogens with one attached hydrogen (secondary N) is 2. The minimum absolute atomic E-state index is 0.0838. The fourth-order valence-electron chi connectivity index (χ4n) is 1.42. The standard InChI is InChI=1S/C13H28N2O2/c1-13(2,3)15-10-8-12(16)14-9-6-5-7-11-17-4/h15H,5-11H2,1-4H3,(H,14,16). The highest BCUT2D eigenvalue weighted by atomic mass is 16.5. The van der Waals surface area contributed by atoms with Crippen LogP contribution in [0.4, 0.5) is 0 Å². The van der Waals surface area contributed by atoms with Crippen LogP contribution in [0.25, 0.3) is 0 Å². The minimum Gasteiger partial charge on any atom is -0.385 e. The molecule has 4 nitrogen and oxygen atoms in total. The van der Waals surface area contributed by atoms with Gasteiger partial charge in [-0.3, -0.25) is 4.79 Å². The molecule has 4 heteroatoms. The van der Waals surface area contributed by atoms with Crippen molar-refractivity contribution in [2.75, 3.05) is 26.8 Å². The van der Waals surface area contributed by atoms with Gasteiger partial charge in [0.05, 0.1) is 0 Å². The smallest absolute Gasteiger partial charge is 0.221 e. The van der Waals surface area contributed by atoms with Gasteiger partial charge in [0.25, 0.3) is 0 Å². The van der Waals surface area contributed by atoms with Crippen molar-refractivity contribution >= 4 is 5.91 Å². The van der Waals surface area contributed by atoms with Gasteiger partial charge in [0, 0.05) is 38.8 Å². The Hall–Kier alpha value is -0.610. The lowest BCUT2D eigenvalue weighted by atomic mass is 10.1. The SMILES string of the molecule is COCCCCCNC(=O)CCNC(C)(C)C. The molecule has 0 fully saturated rings. The van der Waals surface area contributed by atoms with E-state index in [1.807, 2.05) is 0 Å². The Morgan fingerprint density at radius 3 is 2.41 bits per heavy atom. The molecular weight excluding hydrogens is 216 g/mol. The third kappa shape index (κ3) is 13.3. The topological polar surface area (TPSA) is 50.4 Å². The van der Waals surface area contributed by atoms with E-state index in [-0.39, 0.29) is 11.4 Å². The number of amides is 1. The largest absolute Gasteiger partial charge is 0.385 e. The van der Waals surface area contributed by atoms with Crippen molar-refractivity contribution in [1.29, 1.82) is 0 Å². The second-order valence-electron chi connectivity index (χ2n) is 5.33. The molecule has 0 aromatic heterocycles. The Balaban J connectivity index is 3.29. The van der Waals surface area contributed by atoms with Gasteiger partial charge in [0.2, 0.25) is 5.91 Å². The van der Waals surface area contributed by atoms with Crippen LogP contribution in [0.5, 0.6) is 0 Å². The van der Waals surface area contributed by atoms with Crippen molar-refractivity contribution in [3.8, 4) is 0 Å². The van der Waals surface area contributed by atoms with E-state index in [2.05, 4.69) is 31.4 Å². The summed E-state index contributed by atoms with van der Waals surface area (Å²) >= 11 is 0. The van der Waals surface area contributed by atoms with Crippen LogP contribution in [0.15, 0.2) is 0 Å². The van der Waals surface area contributed by atoms with Crippen molar-refractivity contribution in [3.05, 3.63) is 0 Å². The van der Waals surface area contributed by atoms with Crippen LogP contribution in [-0.2, 0) is 9.53 Å². The number of hydrogen-bond donors (Lipinski definition) is 2. The molecule has 0 heterocycles. The zero-order chi connectivity index (χ0) is 13.1. The lowest BCUT2D eigenvalue weighted by Gasteiger charge is -2.20. The zero-order valence-electron chi connectivity index (χ0n) is 11.8. The molecule has 2 N–H and O–H groups in total. The van der Waals surface area contributed by atoms with Gasteiger partial charge in [0.15, 0.2) is 0 Å². The molecule has 0 saturated heterocycles. The fourth-order valence-corrected chi connectivity index (χ4v) is 1.42. The number of hydrogen-bond acceptors (Lipinski definition) is 3. The van der Waals surface area contributed by atoms with Crippen LogP contribution < -0.4 is 10.6 Å². The second-order valence-corrected chi connectivity index (χ2v) is 5.33. The Morgan fingerprint density at radius 1 is 1.12 bits per heavy atom. The molecule has 0 aromatic rings. The maximum atomic E-state index is 11.4. The average molecular weight is 244 g/mol.